The standard InChI is InChI=1S/C9H10O4P/c10-7-6-9(11)13-14(12)8-4-2-1-3-5-8/h1-5,10H,6-7H2/q+1. The second-order valence-electron chi connectivity index (χ2n) is 2.53. The quantitative estimate of drug-likeness (QED) is 0.757. The molecule has 0 aromatic heterocycles. The van der Waals surface area contributed by atoms with E-state index in [2.05, 4.69) is 4.52 Å². The summed E-state index contributed by atoms with van der Waals surface area (Å²) in [5.41, 5.74) is 0. The van der Waals surface area contributed by atoms with Crippen molar-refractivity contribution in [2.75, 3.05) is 6.61 Å². The zero-order chi connectivity index (χ0) is 10.4. The largest absolute Gasteiger partial charge is 0.600 e. The van der Waals surface area contributed by atoms with Crippen LogP contribution in [0.5, 0.6) is 0 Å². The fourth-order valence-electron chi connectivity index (χ4n) is 0.832. The fourth-order valence-corrected chi connectivity index (χ4v) is 1.63. The molecule has 0 aliphatic carbocycles. The molecule has 1 aromatic carbocycles. The van der Waals surface area contributed by atoms with Crippen LogP contribution in [0.25, 0.3) is 0 Å². The molecule has 0 aliphatic rings. The zero-order valence-electron chi connectivity index (χ0n) is 7.42. The summed E-state index contributed by atoms with van der Waals surface area (Å²) < 4.78 is 15.9. The summed E-state index contributed by atoms with van der Waals surface area (Å²) in [7, 11) is -2.14. The third-order valence-electron chi connectivity index (χ3n) is 1.47. The molecule has 0 amide bonds. The van der Waals surface area contributed by atoms with Gasteiger partial charge < -0.3 is 5.11 Å². The van der Waals surface area contributed by atoms with Gasteiger partial charge in [-0.25, -0.2) is 9.32 Å². The fraction of sp³-hybridized carbons (Fsp3) is 0.222. The van der Waals surface area contributed by atoms with Gasteiger partial charge in [0.2, 0.25) is 5.30 Å². The first-order valence-corrected chi connectivity index (χ1v) is 5.25. The van der Waals surface area contributed by atoms with Crippen molar-refractivity contribution in [3.63, 3.8) is 0 Å². The van der Waals surface area contributed by atoms with Gasteiger partial charge in [-0.1, -0.05) is 18.2 Å². The van der Waals surface area contributed by atoms with Crippen LogP contribution in [0.15, 0.2) is 30.3 Å². The number of hydrogen-bond acceptors (Lipinski definition) is 4. The summed E-state index contributed by atoms with van der Waals surface area (Å²) in [5, 5.41) is 8.89. The average molecular weight is 213 g/mol. The Morgan fingerprint density at radius 3 is 2.57 bits per heavy atom. The molecule has 0 radical (unpaired) electrons. The van der Waals surface area contributed by atoms with Gasteiger partial charge >= 0.3 is 14.0 Å². The van der Waals surface area contributed by atoms with E-state index in [1.54, 1.807) is 30.3 Å². The Bertz CT molecular complexity index is 323. The second kappa shape index (κ2) is 5.47. The molecule has 1 rings (SSSR count). The monoisotopic (exact) mass is 213 g/mol. The van der Waals surface area contributed by atoms with E-state index in [1.165, 1.54) is 0 Å². The van der Waals surface area contributed by atoms with Crippen LogP contribution in [0.1, 0.15) is 6.42 Å². The topological polar surface area (TPSA) is 63.6 Å². The summed E-state index contributed by atoms with van der Waals surface area (Å²) in [6, 6.07) is 8.43. The maximum atomic E-state index is 11.4. The van der Waals surface area contributed by atoms with Crippen molar-refractivity contribution >= 4 is 19.3 Å². The van der Waals surface area contributed by atoms with Crippen molar-refractivity contribution in [3.8, 4) is 0 Å². The Labute approximate surface area is 82.4 Å². The number of hydrogen-bond donors (Lipinski definition) is 1. The van der Waals surface area contributed by atoms with E-state index in [0.717, 1.165) is 0 Å². The molecule has 4 nitrogen and oxygen atoms in total. The molecule has 74 valence electrons. The highest BCUT2D eigenvalue weighted by Crippen LogP contribution is 2.21. The lowest BCUT2D eigenvalue weighted by Crippen LogP contribution is -2.05. The number of benzene rings is 1. The normalized spacial score (nSPS) is 10.8. The molecule has 1 atom stereocenters. The van der Waals surface area contributed by atoms with E-state index in [1.807, 2.05) is 0 Å². The molecule has 14 heavy (non-hydrogen) atoms. The van der Waals surface area contributed by atoms with Gasteiger partial charge in [-0.05, 0) is 16.7 Å². The zero-order valence-corrected chi connectivity index (χ0v) is 8.31. The van der Waals surface area contributed by atoms with Gasteiger partial charge in [0.25, 0.3) is 0 Å². The minimum Gasteiger partial charge on any atom is -0.396 e. The predicted molar refractivity (Wildman–Crippen MR) is 51.5 cm³/mol. The van der Waals surface area contributed by atoms with E-state index in [4.69, 9.17) is 5.11 Å². The summed E-state index contributed by atoms with van der Waals surface area (Å²) in [4.78, 5) is 10.9. The van der Waals surface area contributed by atoms with Gasteiger partial charge in [0, 0.05) is 0 Å². The van der Waals surface area contributed by atoms with Crippen LogP contribution >= 0.6 is 8.03 Å². The van der Waals surface area contributed by atoms with Crippen molar-refractivity contribution in [2.45, 2.75) is 6.42 Å². The van der Waals surface area contributed by atoms with E-state index in [0.29, 0.717) is 5.30 Å². The van der Waals surface area contributed by atoms with E-state index in [-0.39, 0.29) is 13.0 Å². The van der Waals surface area contributed by atoms with Gasteiger partial charge in [0.15, 0.2) is 0 Å². The highest BCUT2D eigenvalue weighted by molar-refractivity contribution is 7.48. The lowest BCUT2D eigenvalue weighted by Gasteiger charge is -1.89. The van der Waals surface area contributed by atoms with Crippen molar-refractivity contribution in [1.82, 2.24) is 0 Å². The van der Waals surface area contributed by atoms with Crippen LogP contribution in [-0.4, -0.2) is 17.7 Å². The van der Waals surface area contributed by atoms with Crippen LogP contribution in [0.2, 0.25) is 0 Å². The van der Waals surface area contributed by atoms with Crippen molar-refractivity contribution in [3.05, 3.63) is 30.3 Å². The maximum Gasteiger partial charge on any atom is 0.600 e. The molecule has 1 aromatic rings. The highest BCUT2D eigenvalue weighted by atomic mass is 31.1. The first-order valence-electron chi connectivity index (χ1n) is 4.08. The van der Waals surface area contributed by atoms with Gasteiger partial charge in [0.1, 0.15) is 0 Å². The second-order valence-corrected chi connectivity index (χ2v) is 3.74. The van der Waals surface area contributed by atoms with Crippen LogP contribution in [0, 0.1) is 0 Å². The summed E-state index contributed by atoms with van der Waals surface area (Å²) >= 11 is 0. The molecular formula is C9H10O4P+. The van der Waals surface area contributed by atoms with Crippen LogP contribution < -0.4 is 5.30 Å². The molecule has 1 unspecified atom stereocenters. The highest BCUT2D eigenvalue weighted by Gasteiger charge is 2.25. The Morgan fingerprint density at radius 1 is 1.36 bits per heavy atom. The first-order chi connectivity index (χ1) is 6.74. The lowest BCUT2D eigenvalue weighted by molar-refractivity contribution is -0.134. The van der Waals surface area contributed by atoms with Gasteiger partial charge in [0.05, 0.1) is 13.0 Å². The molecule has 0 saturated heterocycles. The Balaban J connectivity index is 2.55. The minimum absolute atomic E-state index is 0.131. The number of carbonyl (C=O) groups excluding carboxylic acids is 1. The van der Waals surface area contributed by atoms with Crippen molar-refractivity contribution < 1.29 is 19.0 Å². The summed E-state index contributed by atoms with van der Waals surface area (Å²) in [6.07, 6.45) is -0.131. The number of carbonyl (C=O) groups is 1. The molecular weight excluding hydrogens is 203 g/mol. The minimum atomic E-state index is -2.14. The van der Waals surface area contributed by atoms with Crippen LogP contribution in [0.3, 0.4) is 0 Å². The molecule has 5 heteroatoms. The lowest BCUT2D eigenvalue weighted by atomic mass is 10.4. The van der Waals surface area contributed by atoms with Gasteiger partial charge in [-0.2, -0.15) is 0 Å². The molecule has 1 N–H and O–H groups in total. The molecule has 0 aliphatic heterocycles. The third-order valence-corrected chi connectivity index (χ3v) is 2.56. The van der Waals surface area contributed by atoms with Crippen LogP contribution in [0.4, 0.5) is 0 Å². The summed E-state index contributed by atoms with van der Waals surface area (Å²) in [6.45, 7) is -0.295. The van der Waals surface area contributed by atoms with Crippen LogP contribution in [-0.2, 0) is 13.9 Å². The number of aliphatic hydroxyl groups excluding tert-OH is 1. The van der Waals surface area contributed by atoms with E-state index >= 15 is 0 Å². The molecule has 0 bridgehead atoms. The average Bonchev–Trinajstić information content (AvgIpc) is 2.19. The van der Waals surface area contributed by atoms with Gasteiger partial charge in [-0.15, -0.1) is 0 Å². The molecule has 0 fully saturated rings. The third kappa shape index (κ3) is 3.24. The Kier molecular flexibility index (Phi) is 4.23. The Morgan fingerprint density at radius 2 is 2.00 bits per heavy atom. The first kappa shape index (κ1) is 10.8. The molecule has 0 heterocycles. The SMILES string of the molecule is O=C(CCO)O[P+](=O)c1ccccc1. The number of aliphatic hydroxyl groups is 1. The van der Waals surface area contributed by atoms with Gasteiger partial charge in [-0.3, -0.25) is 0 Å². The van der Waals surface area contributed by atoms with Crippen molar-refractivity contribution in [2.24, 2.45) is 0 Å². The predicted octanol–water partition coefficient (Wildman–Crippen LogP) is 0.980. The smallest absolute Gasteiger partial charge is 0.396 e. The maximum absolute atomic E-state index is 11.4. The number of rotatable bonds is 4. The molecule has 0 spiro atoms. The Hall–Kier alpha value is -1.25. The van der Waals surface area contributed by atoms with Crippen molar-refractivity contribution in [1.29, 1.82) is 0 Å². The summed E-state index contributed by atoms with van der Waals surface area (Å²) in [5.74, 6) is -0.655. The van der Waals surface area contributed by atoms with E-state index < -0.39 is 14.0 Å². The van der Waals surface area contributed by atoms with E-state index in [9.17, 15) is 9.36 Å². The molecule has 0 saturated carbocycles.